The predicted octanol–water partition coefficient (Wildman–Crippen LogP) is 2.04. The molecule has 1 rings (SSSR count). The second-order valence-electron chi connectivity index (χ2n) is 4.98. The van der Waals surface area contributed by atoms with E-state index in [0.717, 1.165) is 6.42 Å². The minimum Gasteiger partial charge on any atom is -0.484 e. The highest BCUT2D eigenvalue weighted by molar-refractivity contribution is 5.83. The van der Waals surface area contributed by atoms with Crippen LogP contribution in [0.15, 0.2) is 24.3 Å². The van der Waals surface area contributed by atoms with Gasteiger partial charge in [0.25, 0.3) is 5.91 Å². The first-order valence-electron chi connectivity index (χ1n) is 7.06. The lowest BCUT2D eigenvalue weighted by atomic mass is 10.2. The average Bonchev–Trinajstić information content (AvgIpc) is 2.50. The number of carbonyl (C=O) groups excluding carboxylic acids is 2. The maximum absolute atomic E-state index is 12.1. The topological polar surface area (TPSA) is 55.8 Å². The molecule has 116 valence electrons. The summed E-state index contributed by atoms with van der Waals surface area (Å²) in [6, 6.07) is 7.52. The summed E-state index contributed by atoms with van der Waals surface area (Å²) in [5, 5.41) is 0. The van der Waals surface area contributed by atoms with Crippen molar-refractivity contribution in [3.05, 3.63) is 29.8 Å². The summed E-state index contributed by atoms with van der Waals surface area (Å²) in [4.78, 5) is 24.9. The highest BCUT2D eigenvalue weighted by Crippen LogP contribution is 2.13. The van der Waals surface area contributed by atoms with Crippen molar-refractivity contribution >= 4 is 11.9 Å². The van der Waals surface area contributed by atoms with Crippen LogP contribution in [-0.4, -0.2) is 43.1 Å². The zero-order chi connectivity index (χ0) is 15.8. The SMILES string of the molecule is CCc1ccc(OCC(=O)N(CC(=O)OC)C(C)C)cc1. The molecule has 0 aromatic heterocycles. The van der Waals surface area contributed by atoms with Gasteiger partial charge in [0, 0.05) is 6.04 Å². The molecule has 0 saturated heterocycles. The van der Waals surface area contributed by atoms with Gasteiger partial charge in [0.05, 0.1) is 7.11 Å². The quantitative estimate of drug-likeness (QED) is 0.722. The van der Waals surface area contributed by atoms with Gasteiger partial charge in [0.2, 0.25) is 0 Å². The van der Waals surface area contributed by atoms with Gasteiger partial charge in [0.1, 0.15) is 12.3 Å². The van der Waals surface area contributed by atoms with Crippen LogP contribution in [0.25, 0.3) is 0 Å². The Bertz CT molecular complexity index is 468. The lowest BCUT2D eigenvalue weighted by Gasteiger charge is -2.25. The molecule has 0 spiro atoms. The van der Waals surface area contributed by atoms with E-state index in [9.17, 15) is 9.59 Å². The Morgan fingerprint density at radius 3 is 2.29 bits per heavy atom. The van der Waals surface area contributed by atoms with Crippen molar-refractivity contribution in [1.29, 1.82) is 0 Å². The molecule has 0 aliphatic carbocycles. The number of benzene rings is 1. The Kier molecular flexibility index (Phi) is 6.72. The maximum Gasteiger partial charge on any atom is 0.325 e. The van der Waals surface area contributed by atoms with Crippen molar-refractivity contribution in [2.24, 2.45) is 0 Å². The van der Waals surface area contributed by atoms with Crippen LogP contribution in [0, 0.1) is 0 Å². The fraction of sp³-hybridized carbons (Fsp3) is 0.500. The number of carbonyl (C=O) groups is 2. The number of amides is 1. The smallest absolute Gasteiger partial charge is 0.325 e. The molecular weight excluding hydrogens is 270 g/mol. The van der Waals surface area contributed by atoms with E-state index in [1.165, 1.54) is 17.6 Å². The molecule has 0 radical (unpaired) electrons. The summed E-state index contributed by atoms with van der Waals surface area (Å²) in [7, 11) is 1.30. The van der Waals surface area contributed by atoms with Crippen LogP contribution < -0.4 is 4.74 Å². The molecule has 0 N–H and O–H groups in total. The van der Waals surface area contributed by atoms with Gasteiger partial charge < -0.3 is 14.4 Å². The zero-order valence-electron chi connectivity index (χ0n) is 13.1. The van der Waals surface area contributed by atoms with E-state index in [1.54, 1.807) is 0 Å². The summed E-state index contributed by atoms with van der Waals surface area (Å²) < 4.78 is 10.1. The number of methoxy groups -OCH3 is 1. The van der Waals surface area contributed by atoms with Crippen molar-refractivity contribution in [1.82, 2.24) is 4.90 Å². The first-order valence-corrected chi connectivity index (χ1v) is 7.06. The molecular formula is C16H23NO4. The average molecular weight is 293 g/mol. The van der Waals surface area contributed by atoms with E-state index in [-0.39, 0.29) is 25.1 Å². The highest BCUT2D eigenvalue weighted by atomic mass is 16.5. The van der Waals surface area contributed by atoms with Gasteiger partial charge >= 0.3 is 5.97 Å². The Balaban J connectivity index is 2.58. The third-order valence-electron chi connectivity index (χ3n) is 3.16. The molecule has 0 unspecified atom stereocenters. The second-order valence-corrected chi connectivity index (χ2v) is 4.98. The normalized spacial score (nSPS) is 10.3. The van der Waals surface area contributed by atoms with Crippen molar-refractivity contribution in [3.63, 3.8) is 0 Å². The molecule has 1 aromatic rings. The van der Waals surface area contributed by atoms with E-state index in [0.29, 0.717) is 5.75 Å². The Morgan fingerprint density at radius 2 is 1.81 bits per heavy atom. The first-order chi connectivity index (χ1) is 9.97. The third-order valence-corrected chi connectivity index (χ3v) is 3.16. The number of esters is 1. The maximum atomic E-state index is 12.1. The van der Waals surface area contributed by atoms with Gasteiger partial charge in [-0.15, -0.1) is 0 Å². The van der Waals surface area contributed by atoms with Gasteiger partial charge in [-0.3, -0.25) is 9.59 Å². The number of hydrogen-bond donors (Lipinski definition) is 0. The van der Waals surface area contributed by atoms with E-state index >= 15 is 0 Å². The van der Waals surface area contributed by atoms with Gasteiger partial charge in [-0.05, 0) is 38.0 Å². The third kappa shape index (κ3) is 5.45. The van der Waals surface area contributed by atoms with E-state index < -0.39 is 5.97 Å². The lowest BCUT2D eigenvalue weighted by molar-refractivity contribution is -0.149. The van der Waals surface area contributed by atoms with Crippen LogP contribution in [0.1, 0.15) is 26.3 Å². The summed E-state index contributed by atoms with van der Waals surface area (Å²) in [6.07, 6.45) is 0.958. The number of ether oxygens (including phenoxy) is 2. The van der Waals surface area contributed by atoms with Crippen molar-refractivity contribution in [2.45, 2.75) is 33.2 Å². The van der Waals surface area contributed by atoms with E-state index in [2.05, 4.69) is 11.7 Å². The molecule has 0 atom stereocenters. The summed E-state index contributed by atoms with van der Waals surface area (Å²) in [5.74, 6) is -0.0401. The van der Waals surface area contributed by atoms with Crippen molar-refractivity contribution in [3.8, 4) is 5.75 Å². The van der Waals surface area contributed by atoms with Crippen LogP contribution in [0.5, 0.6) is 5.75 Å². The minimum absolute atomic E-state index is 0.0644. The van der Waals surface area contributed by atoms with Crippen LogP contribution in [0.4, 0.5) is 0 Å². The molecule has 0 heterocycles. The molecule has 0 bridgehead atoms. The monoisotopic (exact) mass is 293 g/mol. The van der Waals surface area contributed by atoms with Crippen LogP contribution in [0.2, 0.25) is 0 Å². The number of hydrogen-bond acceptors (Lipinski definition) is 4. The Morgan fingerprint density at radius 1 is 1.19 bits per heavy atom. The Hall–Kier alpha value is -2.04. The molecule has 0 aliphatic rings. The van der Waals surface area contributed by atoms with Crippen molar-refractivity contribution < 1.29 is 19.1 Å². The van der Waals surface area contributed by atoms with E-state index in [1.807, 2.05) is 38.1 Å². The molecule has 5 heteroatoms. The van der Waals surface area contributed by atoms with Crippen LogP contribution in [-0.2, 0) is 20.7 Å². The Labute approximate surface area is 125 Å². The highest BCUT2D eigenvalue weighted by Gasteiger charge is 2.20. The van der Waals surface area contributed by atoms with Crippen LogP contribution in [0.3, 0.4) is 0 Å². The largest absolute Gasteiger partial charge is 0.484 e. The van der Waals surface area contributed by atoms with Gasteiger partial charge in [-0.2, -0.15) is 0 Å². The zero-order valence-corrected chi connectivity index (χ0v) is 13.1. The fourth-order valence-electron chi connectivity index (χ4n) is 1.81. The van der Waals surface area contributed by atoms with E-state index in [4.69, 9.17) is 4.74 Å². The first kappa shape index (κ1) is 17.0. The van der Waals surface area contributed by atoms with Gasteiger partial charge in [0.15, 0.2) is 6.61 Å². The molecule has 0 aliphatic heterocycles. The minimum atomic E-state index is -0.440. The molecule has 21 heavy (non-hydrogen) atoms. The number of aryl methyl sites for hydroxylation is 1. The lowest BCUT2D eigenvalue weighted by Crippen LogP contribution is -2.43. The molecule has 0 saturated carbocycles. The molecule has 0 fully saturated rings. The van der Waals surface area contributed by atoms with Crippen LogP contribution >= 0.6 is 0 Å². The predicted molar refractivity (Wildman–Crippen MR) is 80.2 cm³/mol. The standard InChI is InChI=1S/C16H23NO4/c1-5-13-6-8-14(9-7-13)21-11-15(18)17(12(2)3)10-16(19)20-4/h6-9,12H,5,10-11H2,1-4H3. The van der Waals surface area contributed by atoms with Crippen molar-refractivity contribution in [2.75, 3.05) is 20.3 Å². The second kappa shape index (κ2) is 8.29. The summed E-state index contributed by atoms with van der Waals surface area (Å²) in [6.45, 7) is 5.60. The molecule has 1 amide bonds. The van der Waals surface area contributed by atoms with Gasteiger partial charge in [-0.1, -0.05) is 19.1 Å². The number of nitrogens with zero attached hydrogens (tertiary/aromatic N) is 1. The molecule has 5 nitrogen and oxygen atoms in total. The molecule has 1 aromatic carbocycles. The summed E-state index contributed by atoms with van der Waals surface area (Å²) >= 11 is 0. The van der Waals surface area contributed by atoms with Gasteiger partial charge in [-0.25, -0.2) is 0 Å². The summed E-state index contributed by atoms with van der Waals surface area (Å²) in [5.41, 5.74) is 1.21. The fourth-order valence-corrected chi connectivity index (χ4v) is 1.81. The number of rotatable bonds is 7.